The standard InChI is InChI=1S/C22H22N2O2S2/c25-21(26)15-27-20(22-23-18-6-2-3-7-19(18)28-22)14-16-8-10-17(11-9-16)24-12-4-1-5-13-24/h2-3,6-11,14H,1,4-5,12-13,15H2,(H,25,26)/b20-14+. The molecular formula is C22H22N2O2S2. The molecule has 4 rings (SSSR count). The smallest absolute Gasteiger partial charge is 0.313 e. The van der Waals surface area contributed by atoms with Crippen molar-refractivity contribution in [1.82, 2.24) is 4.98 Å². The molecule has 0 bridgehead atoms. The summed E-state index contributed by atoms with van der Waals surface area (Å²) in [5, 5.41) is 9.99. The highest BCUT2D eigenvalue weighted by atomic mass is 32.2. The van der Waals surface area contributed by atoms with Crippen molar-refractivity contribution in [3.63, 3.8) is 0 Å². The van der Waals surface area contributed by atoms with Crippen molar-refractivity contribution >= 4 is 56.0 Å². The minimum Gasteiger partial charge on any atom is -0.481 e. The van der Waals surface area contributed by atoms with E-state index < -0.39 is 5.97 Å². The average molecular weight is 411 g/mol. The summed E-state index contributed by atoms with van der Waals surface area (Å²) in [6.07, 6.45) is 5.89. The number of benzene rings is 2. The van der Waals surface area contributed by atoms with E-state index in [9.17, 15) is 4.79 Å². The average Bonchev–Trinajstić information content (AvgIpc) is 3.16. The molecule has 2 aromatic carbocycles. The van der Waals surface area contributed by atoms with Gasteiger partial charge in [0.05, 0.1) is 16.0 Å². The van der Waals surface area contributed by atoms with Crippen LogP contribution in [0.1, 0.15) is 29.8 Å². The number of carbonyl (C=O) groups is 1. The van der Waals surface area contributed by atoms with E-state index in [0.29, 0.717) is 0 Å². The molecule has 144 valence electrons. The Labute approximate surface area is 172 Å². The maximum absolute atomic E-state index is 11.1. The number of hydrogen-bond acceptors (Lipinski definition) is 5. The van der Waals surface area contributed by atoms with Crippen LogP contribution >= 0.6 is 23.1 Å². The van der Waals surface area contributed by atoms with Crippen molar-refractivity contribution < 1.29 is 9.90 Å². The van der Waals surface area contributed by atoms with Crippen molar-refractivity contribution in [1.29, 1.82) is 0 Å². The first-order chi connectivity index (χ1) is 13.7. The number of hydrogen-bond donors (Lipinski definition) is 1. The lowest BCUT2D eigenvalue weighted by molar-refractivity contribution is -0.133. The number of aromatic nitrogens is 1. The largest absolute Gasteiger partial charge is 0.481 e. The zero-order chi connectivity index (χ0) is 19.3. The highest BCUT2D eigenvalue weighted by Gasteiger charge is 2.13. The van der Waals surface area contributed by atoms with Gasteiger partial charge in [-0.3, -0.25) is 4.79 Å². The molecule has 4 nitrogen and oxygen atoms in total. The van der Waals surface area contributed by atoms with Gasteiger partial charge in [-0.15, -0.1) is 23.1 Å². The van der Waals surface area contributed by atoms with Crippen molar-refractivity contribution in [3.05, 3.63) is 59.1 Å². The van der Waals surface area contributed by atoms with E-state index >= 15 is 0 Å². The van der Waals surface area contributed by atoms with Gasteiger partial charge >= 0.3 is 5.97 Å². The first kappa shape index (κ1) is 19.0. The van der Waals surface area contributed by atoms with E-state index in [4.69, 9.17) is 10.1 Å². The summed E-state index contributed by atoms with van der Waals surface area (Å²) >= 11 is 2.92. The van der Waals surface area contributed by atoms with Crippen LogP contribution in [0.2, 0.25) is 0 Å². The van der Waals surface area contributed by atoms with E-state index in [-0.39, 0.29) is 5.75 Å². The van der Waals surface area contributed by atoms with Gasteiger partial charge < -0.3 is 10.0 Å². The molecule has 1 fully saturated rings. The lowest BCUT2D eigenvalue weighted by Crippen LogP contribution is -2.29. The topological polar surface area (TPSA) is 53.4 Å². The van der Waals surface area contributed by atoms with Crippen molar-refractivity contribution in [3.8, 4) is 0 Å². The predicted molar refractivity (Wildman–Crippen MR) is 120 cm³/mol. The Balaban J connectivity index is 1.61. The van der Waals surface area contributed by atoms with Crippen molar-refractivity contribution in [2.45, 2.75) is 19.3 Å². The fraction of sp³-hybridized carbons (Fsp3) is 0.273. The van der Waals surface area contributed by atoms with Crippen LogP contribution in [0.5, 0.6) is 0 Å². The highest BCUT2D eigenvalue weighted by Crippen LogP contribution is 2.35. The van der Waals surface area contributed by atoms with Crippen LogP contribution in [0.3, 0.4) is 0 Å². The van der Waals surface area contributed by atoms with Gasteiger partial charge in [-0.2, -0.15) is 0 Å². The van der Waals surface area contributed by atoms with Crippen LogP contribution in [-0.2, 0) is 4.79 Å². The van der Waals surface area contributed by atoms with Gasteiger partial charge in [0.1, 0.15) is 5.01 Å². The Kier molecular flexibility index (Phi) is 5.98. The molecule has 1 saturated heterocycles. The Bertz CT molecular complexity index is 956. The molecular weight excluding hydrogens is 388 g/mol. The lowest BCUT2D eigenvalue weighted by atomic mass is 10.1. The maximum Gasteiger partial charge on any atom is 0.313 e. The molecule has 28 heavy (non-hydrogen) atoms. The zero-order valence-corrected chi connectivity index (χ0v) is 17.1. The summed E-state index contributed by atoms with van der Waals surface area (Å²) < 4.78 is 1.11. The Hall–Kier alpha value is -2.31. The minimum absolute atomic E-state index is 0.0214. The Morgan fingerprint density at radius 2 is 1.86 bits per heavy atom. The molecule has 0 spiro atoms. The molecule has 1 N–H and O–H groups in total. The second kappa shape index (κ2) is 8.80. The molecule has 0 aliphatic carbocycles. The van der Waals surface area contributed by atoms with E-state index in [0.717, 1.165) is 38.8 Å². The highest BCUT2D eigenvalue weighted by molar-refractivity contribution is 8.09. The van der Waals surface area contributed by atoms with Crippen LogP contribution in [-0.4, -0.2) is 34.9 Å². The van der Waals surface area contributed by atoms with Crippen LogP contribution in [0.25, 0.3) is 21.2 Å². The van der Waals surface area contributed by atoms with Gasteiger partial charge in [0.2, 0.25) is 0 Å². The molecule has 0 amide bonds. The van der Waals surface area contributed by atoms with E-state index in [2.05, 4.69) is 29.2 Å². The molecule has 0 saturated carbocycles. The van der Waals surface area contributed by atoms with Gasteiger partial charge in [0.15, 0.2) is 0 Å². The summed E-state index contributed by atoms with van der Waals surface area (Å²) in [7, 11) is 0. The number of anilines is 1. The second-order valence-electron chi connectivity index (χ2n) is 6.82. The fourth-order valence-corrected chi connectivity index (χ4v) is 5.21. The Morgan fingerprint density at radius 3 is 2.57 bits per heavy atom. The molecule has 0 radical (unpaired) electrons. The summed E-state index contributed by atoms with van der Waals surface area (Å²) in [6, 6.07) is 16.5. The van der Waals surface area contributed by atoms with Crippen LogP contribution in [0.15, 0.2) is 48.5 Å². The van der Waals surface area contributed by atoms with Gasteiger partial charge in [-0.1, -0.05) is 24.3 Å². The predicted octanol–water partition coefficient (Wildman–Crippen LogP) is 5.60. The number of piperidine rings is 1. The molecule has 0 atom stereocenters. The first-order valence-corrected chi connectivity index (χ1v) is 11.3. The molecule has 1 aliphatic rings. The summed E-state index contributed by atoms with van der Waals surface area (Å²) in [6.45, 7) is 2.25. The summed E-state index contributed by atoms with van der Waals surface area (Å²) in [5.74, 6) is -0.800. The number of rotatable bonds is 6. The third-order valence-corrected chi connectivity index (χ3v) is 6.98. The van der Waals surface area contributed by atoms with Gasteiger partial charge in [-0.05, 0) is 55.2 Å². The number of aliphatic carboxylic acids is 1. The minimum atomic E-state index is -0.822. The monoisotopic (exact) mass is 410 g/mol. The number of fused-ring (bicyclic) bond motifs is 1. The van der Waals surface area contributed by atoms with Gasteiger partial charge in [0, 0.05) is 23.7 Å². The van der Waals surface area contributed by atoms with Gasteiger partial charge in [0.25, 0.3) is 0 Å². The summed E-state index contributed by atoms with van der Waals surface area (Å²) in [4.78, 5) is 19.1. The normalized spacial score (nSPS) is 15.1. The molecule has 1 aliphatic heterocycles. The molecule has 2 heterocycles. The number of thioether (sulfide) groups is 1. The number of carboxylic acid groups (broad SMARTS) is 1. The number of para-hydroxylation sites is 1. The van der Waals surface area contributed by atoms with Crippen molar-refractivity contribution in [2.24, 2.45) is 0 Å². The zero-order valence-electron chi connectivity index (χ0n) is 15.5. The van der Waals surface area contributed by atoms with E-state index in [1.807, 2.05) is 30.3 Å². The summed E-state index contributed by atoms with van der Waals surface area (Å²) in [5.41, 5.74) is 3.27. The number of nitrogens with zero attached hydrogens (tertiary/aromatic N) is 2. The van der Waals surface area contributed by atoms with E-state index in [1.54, 1.807) is 11.3 Å². The van der Waals surface area contributed by atoms with Crippen LogP contribution < -0.4 is 4.90 Å². The Morgan fingerprint density at radius 1 is 1.11 bits per heavy atom. The number of thiazole rings is 1. The molecule has 6 heteroatoms. The van der Waals surface area contributed by atoms with Crippen LogP contribution in [0.4, 0.5) is 5.69 Å². The molecule has 0 unspecified atom stereocenters. The quantitative estimate of drug-likeness (QED) is 0.573. The second-order valence-corrected chi connectivity index (χ2v) is 8.86. The molecule has 1 aromatic heterocycles. The number of carboxylic acids is 1. The van der Waals surface area contributed by atoms with Crippen molar-refractivity contribution in [2.75, 3.05) is 23.7 Å². The maximum atomic E-state index is 11.1. The van der Waals surface area contributed by atoms with E-state index in [1.165, 1.54) is 36.7 Å². The first-order valence-electron chi connectivity index (χ1n) is 9.46. The molecule has 3 aromatic rings. The third kappa shape index (κ3) is 4.56. The SMILES string of the molecule is O=C(O)CS/C(=C/c1ccc(N2CCCCC2)cc1)c1nc2ccccc2s1. The lowest BCUT2D eigenvalue weighted by Gasteiger charge is -2.28. The third-order valence-electron chi connectivity index (χ3n) is 4.77. The van der Waals surface area contributed by atoms with Crippen LogP contribution in [0, 0.1) is 0 Å². The fourth-order valence-electron chi connectivity index (χ4n) is 3.37. The van der Waals surface area contributed by atoms with Gasteiger partial charge in [-0.25, -0.2) is 4.98 Å².